The smallest absolute Gasteiger partial charge is 0.173 e. The summed E-state index contributed by atoms with van der Waals surface area (Å²) in [5.74, 6) is 0.914. The number of aryl methyl sites for hydroxylation is 1. The number of benzene rings is 1. The summed E-state index contributed by atoms with van der Waals surface area (Å²) in [4.78, 5) is 5.20. The molecule has 0 radical (unpaired) electrons. The van der Waals surface area contributed by atoms with E-state index in [-0.39, 0.29) is 6.04 Å². The standard InChI is InChI=1S/C19H28N6O/c1-15-5-7-16(8-6-15)18(19-20-21-22-25(19)12-13-26-2)24-11-10-23-9-3-4-17(23)14-24/h5-8,17-18H,3-4,9-14H2,1-2H3/t17-,18+/m1/s1. The van der Waals surface area contributed by atoms with E-state index in [1.807, 2.05) is 4.68 Å². The Kier molecular flexibility index (Phi) is 5.28. The second-order valence-corrected chi connectivity index (χ2v) is 7.39. The minimum atomic E-state index is 0.0882. The van der Waals surface area contributed by atoms with E-state index in [4.69, 9.17) is 4.74 Å². The molecule has 1 aromatic carbocycles. The van der Waals surface area contributed by atoms with Gasteiger partial charge in [0.1, 0.15) is 0 Å². The van der Waals surface area contributed by atoms with Gasteiger partial charge in [-0.15, -0.1) is 5.10 Å². The topological polar surface area (TPSA) is 59.3 Å². The maximum absolute atomic E-state index is 5.24. The number of hydrogen-bond donors (Lipinski definition) is 0. The molecule has 2 saturated heterocycles. The number of rotatable bonds is 6. The predicted molar refractivity (Wildman–Crippen MR) is 98.9 cm³/mol. The van der Waals surface area contributed by atoms with Gasteiger partial charge in [0, 0.05) is 32.8 Å². The molecule has 0 N–H and O–H groups in total. The normalized spacial score (nSPS) is 22.5. The van der Waals surface area contributed by atoms with E-state index < -0.39 is 0 Å². The predicted octanol–water partition coefficient (Wildman–Crippen LogP) is 1.50. The van der Waals surface area contributed by atoms with Crippen LogP contribution in [-0.2, 0) is 11.3 Å². The van der Waals surface area contributed by atoms with Gasteiger partial charge in [0.2, 0.25) is 0 Å². The maximum Gasteiger partial charge on any atom is 0.173 e. The Bertz CT molecular complexity index is 715. The molecule has 3 heterocycles. The number of fused-ring (bicyclic) bond motifs is 1. The largest absolute Gasteiger partial charge is 0.383 e. The number of piperazine rings is 1. The molecule has 0 amide bonds. The number of hydrogen-bond acceptors (Lipinski definition) is 6. The Morgan fingerprint density at radius 3 is 2.85 bits per heavy atom. The number of nitrogens with zero attached hydrogens (tertiary/aromatic N) is 6. The summed E-state index contributed by atoms with van der Waals surface area (Å²) in [5.41, 5.74) is 2.53. The molecule has 26 heavy (non-hydrogen) atoms. The molecule has 2 fully saturated rings. The zero-order chi connectivity index (χ0) is 17.9. The first-order valence-electron chi connectivity index (χ1n) is 9.56. The van der Waals surface area contributed by atoms with Crippen molar-refractivity contribution >= 4 is 0 Å². The molecule has 1 aromatic heterocycles. The lowest BCUT2D eigenvalue weighted by molar-refractivity contribution is 0.0784. The zero-order valence-corrected chi connectivity index (χ0v) is 15.7. The van der Waals surface area contributed by atoms with Crippen LogP contribution in [0.4, 0.5) is 0 Å². The third-order valence-corrected chi connectivity index (χ3v) is 5.69. The first-order chi connectivity index (χ1) is 12.8. The van der Waals surface area contributed by atoms with Gasteiger partial charge >= 0.3 is 0 Å². The van der Waals surface area contributed by atoms with Crippen molar-refractivity contribution in [1.29, 1.82) is 0 Å². The van der Waals surface area contributed by atoms with Crippen molar-refractivity contribution in [2.75, 3.05) is 39.9 Å². The van der Waals surface area contributed by atoms with Gasteiger partial charge in [0.15, 0.2) is 5.82 Å². The highest BCUT2D eigenvalue weighted by molar-refractivity contribution is 5.28. The van der Waals surface area contributed by atoms with Crippen LogP contribution in [0.2, 0.25) is 0 Å². The summed E-state index contributed by atoms with van der Waals surface area (Å²) in [5, 5.41) is 12.6. The van der Waals surface area contributed by atoms with Gasteiger partial charge < -0.3 is 4.74 Å². The molecule has 2 aromatic rings. The summed E-state index contributed by atoms with van der Waals surface area (Å²) in [6.45, 7) is 7.91. The van der Waals surface area contributed by atoms with Gasteiger partial charge in [-0.05, 0) is 42.3 Å². The fourth-order valence-corrected chi connectivity index (χ4v) is 4.27. The summed E-state index contributed by atoms with van der Waals surface area (Å²) < 4.78 is 7.13. The minimum absolute atomic E-state index is 0.0882. The summed E-state index contributed by atoms with van der Waals surface area (Å²) in [7, 11) is 1.71. The van der Waals surface area contributed by atoms with Crippen molar-refractivity contribution in [3.05, 3.63) is 41.2 Å². The van der Waals surface area contributed by atoms with Crippen molar-refractivity contribution < 1.29 is 4.74 Å². The second-order valence-electron chi connectivity index (χ2n) is 7.39. The Morgan fingerprint density at radius 2 is 2.04 bits per heavy atom. The van der Waals surface area contributed by atoms with Crippen molar-refractivity contribution in [3.8, 4) is 0 Å². The molecule has 0 unspecified atom stereocenters. The van der Waals surface area contributed by atoms with Crippen LogP contribution in [0, 0.1) is 6.92 Å². The van der Waals surface area contributed by atoms with E-state index in [9.17, 15) is 0 Å². The fourth-order valence-electron chi connectivity index (χ4n) is 4.27. The third kappa shape index (κ3) is 3.51. The van der Waals surface area contributed by atoms with E-state index in [0.29, 0.717) is 19.2 Å². The van der Waals surface area contributed by atoms with Crippen LogP contribution in [0.1, 0.15) is 35.8 Å². The lowest BCUT2D eigenvalue weighted by Gasteiger charge is -2.41. The van der Waals surface area contributed by atoms with Crippen LogP contribution in [0.25, 0.3) is 0 Å². The van der Waals surface area contributed by atoms with Crippen LogP contribution >= 0.6 is 0 Å². The molecule has 2 aliphatic heterocycles. The molecule has 140 valence electrons. The summed E-state index contributed by atoms with van der Waals surface area (Å²) >= 11 is 0. The molecular weight excluding hydrogens is 328 g/mol. The van der Waals surface area contributed by atoms with Crippen LogP contribution in [-0.4, -0.2) is 75.9 Å². The summed E-state index contributed by atoms with van der Waals surface area (Å²) in [6, 6.07) is 9.55. The molecule has 0 aliphatic carbocycles. The third-order valence-electron chi connectivity index (χ3n) is 5.69. The van der Waals surface area contributed by atoms with Crippen molar-refractivity contribution in [3.63, 3.8) is 0 Å². The lowest BCUT2D eigenvalue weighted by Crippen LogP contribution is -2.51. The average molecular weight is 356 g/mol. The zero-order valence-electron chi connectivity index (χ0n) is 15.7. The Labute approximate surface area is 154 Å². The highest BCUT2D eigenvalue weighted by atomic mass is 16.5. The number of aromatic nitrogens is 4. The van der Waals surface area contributed by atoms with Crippen LogP contribution < -0.4 is 0 Å². The molecule has 2 atom stereocenters. The van der Waals surface area contributed by atoms with Crippen molar-refractivity contribution in [2.24, 2.45) is 0 Å². The molecular formula is C19H28N6O. The summed E-state index contributed by atoms with van der Waals surface area (Å²) in [6.07, 6.45) is 2.62. The SMILES string of the molecule is COCCn1nnnc1[C@H](c1ccc(C)cc1)N1CCN2CCC[C@@H]2C1. The molecule has 7 heteroatoms. The first-order valence-corrected chi connectivity index (χ1v) is 9.56. The fraction of sp³-hybridized carbons (Fsp3) is 0.632. The number of ether oxygens (including phenoxy) is 1. The highest BCUT2D eigenvalue weighted by Crippen LogP contribution is 2.32. The Hall–Kier alpha value is -1.83. The average Bonchev–Trinajstić information content (AvgIpc) is 3.31. The molecule has 0 spiro atoms. The van der Waals surface area contributed by atoms with Gasteiger partial charge in [0.25, 0.3) is 0 Å². The molecule has 0 bridgehead atoms. The minimum Gasteiger partial charge on any atom is -0.383 e. The van der Waals surface area contributed by atoms with Crippen molar-refractivity contribution in [1.82, 2.24) is 30.0 Å². The van der Waals surface area contributed by atoms with Crippen LogP contribution in [0.5, 0.6) is 0 Å². The quantitative estimate of drug-likeness (QED) is 0.782. The van der Waals surface area contributed by atoms with E-state index in [1.165, 1.54) is 30.5 Å². The Morgan fingerprint density at radius 1 is 1.19 bits per heavy atom. The highest BCUT2D eigenvalue weighted by Gasteiger charge is 2.36. The van der Waals surface area contributed by atoms with Gasteiger partial charge in [-0.25, -0.2) is 4.68 Å². The van der Waals surface area contributed by atoms with Crippen LogP contribution in [0.15, 0.2) is 24.3 Å². The van der Waals surface area contributed by atoms with Gasteiger partial charge in [-0.1, -0.05) is 29.8 Å². The van der Waals surface area contributed by atoms with E-state index in [0.717, 1.165) is 25.5 Å². The first kappa shape index (κ1) is 17.6. The van der Waals surface area contributed by atoms with Crippen molar-refractivity contribution in [2.45, 2.75) is 38.4 Å². The number of methoxy groups -OCH3 is 1. The molecule has 2 aliphatic rings. The van der Waals surface area contributed by atoms with Gasteiger partial charge in [0.05, 0.1) is 19.2 Å². The lowest BCUT2D eigenvalue weighted by atomic mass is 10.0. The van der Waals surface area contributed by atoms with Gasteiger partial charge in [-0.2, -0.15) is 0 Å². The van der Waals surface area contributed by atoms with Crippen LogP contribution in [0.3, 0.4) is 0 Å². The number of tetrazole rings is 1. The maximum atomic E-state index is 5.24. The van der Waals surface area contributed by atoms with E-state index >= 15 is 0 Å². The molecule has 7 nitrogen and oxygen atoms in total. The molecule has 4 rings (SSSR count). The monoisotopic (exact) mass is 356 g/mol. The van der Waals surface area contributed by atoms with E-state index in [2.05, 4.69) is 56.5 Å². The Balaban J connectivity index is 1.66. The molecule has 0 saturated carbocycles. The van der Waals surface area contributed by atoms with E-state index in [1.54, 1.807) is 7.11 Å². The second kappa shape index (κ2) is 7.82. The van der Waals surface area contributed by atoms with Gasteiger partial charge in [-0.3, -0.25) is 9.80 Å².